The Morgan fingerprint density at radius 2 is 2.00 bits per heavy atom. The molecule has 23 heavy (non-hydrogen) atoms. The monoisotopic (exact) mass is 324 g/mol. The molecule has 1 fully saturated rings. The smallest absolute Gasteiger partial charge is 0.142 e. The highest BCUT2D eigenvalue weighted by atomic mass is 32.2. The van der Waals surface area contributed by atoms with Gasteiger partial charge in [0.15, 0.2) is 0 Å². The summed E-state index contributed by atoms with van der Waals surface area (Å²) in [6.07, 6.45) is 6.06. The number of H-pyrrole nitrogens is 1. The molecule has 5 heteroatoms. The highest BCUT2D eigenvalue weighted by molar-refractivity contribution is 7.99. The normalized spacial score (nSPS) is 20.4. The highest BCUT2D eigenvalue weighted by Gasteiger charge is 2.33. The summed E-state index contributed by atoms with van der Waals surface area (Å²) in [5, 5.41) is 1.11. The lowest BCUT2D eigenvalue weighted by Gasteiger charge is -2.41. The predicted octanol–water partition coefficient (Wildman–Crippen LogP) is 3.97. The summed E-state index contributed by atoms with van der Waals surface area (Å²) in [4.78, 5) is 15.6. The molecule has 0 radical (unpaired) electrons. The Bertz CT molecular complexity index is 780. The predicted molar refractivity (Wildman–Crippen MR) is 96.0 cm³/mol. The van der Waals surface area contributed by atoms with Gasteiger partial charge >= 0.3 is 0 Å². The fourth-order valence-electron chi connectivity index (χ4n) is 3.20. The molecule has 118 valence electrons. The van der Waals surface area contributed by atoms with Gasteiger partial charge < -0.3 is 9.88 Å². The lowest BCUT2D eigenvalue weighted by Crippen LogP contribution is -2.43. The van der Waals surface area contributed by atoms with Crippen molar-refractivity contribution >= 4 is 28.6 Å². The molecule has 0 bridgehead atoms. The summed E-state index contributed by atoms with van der Waals surface area (Å²) in [7, 11) is 2.15. The van der Waals surface area contributed by atoms with E-state index < -0.39 is 0 Å². The van der Waals surface area contributed by atoms with E-state index in [1.165, 1.54) is 23.5 Å². The van der Waals surface area contributed by atoms with Crippen molar-refractivity contribution in [2.75, 3.05) is 17.7 Å². The first kappa shape index (κ1) is 14.6. The van der Waals surface area contributed by atoms with Crippen LogP contribution in [-0.4, -0.2) is 33.8 Å². The second-order valence-corrected chi connectivity index (χ2v) is 7.26. The molecule has 1 aromatic carbocycles. The van der Waals surface area contributed by atoms with Crippen LogP contribution < -0.4 is 4.90 Å². The maximum atomic E-state index is 4.49. The van der Waals surface area contributed by atoms with Crippen molar-refractivity contribution in [3.63, 3.8) is 0 Å². The van der Waals surface area contributed by atoms with Crippen LogP contribution in [0.15, 0.2) is 53.8 Å². The number of nitrogens with one attached hydrogen (secondary N) is 1. The molecule has 4 rings (SSSR count). The molecular formula is C18H20N4S. The van der Waals surface area contributed by atoms with Gasteiger partial charge in [0.25, 0.3) is 0 Å². The van der Waals surface area contributed by atoms with Crippen molar-refractivity contribution in [3.8, 4) is 0 Å². The molecule has 1 N–H and O–H groups in total. The van der Waals surface area contributed by atoms with Crippen LogP contribution in [0.25, 0.3) is 11.0 Å². The molecule has 2 aromatic heterocycles. The number of rotatable bonds is 5. The minimum atomic E-state index is 0.587. The molecule has 0 atom stereocenters. The Balaban J connectivity index is 1.35. The van der Waals surface area contributed by atoms with Crippen LogP contribution in [0.5, 0.6) is 0 Å². The van der Waals surface area contributed by atoms with Crippen LogP contribution in [0.1, 0.15) is 12.8 Å². The maximum Gasteiger partial charge on any atom is 0.142 e. The second-order valence-electron chi connectivity index (χ2n) is 6.16. The summed E-state index contributed by atoms with van der Waals surface area (Å²) in [5.74, 6) is 3.05. The second kappa shape index (κ2) is 6.24. The molecule has 0 aliphatic heterocycles. The lowest BCUT2D eigenvalue weighted by atomic mass is 9.81. The molecule has 2 heterocycles. The van der Waals surface area contributed by atoms with Crippen LogP contribution in [0, 0.1) is 5.92 Å². The van der Waals surface area contributed by atoms with E-state index in [1.54, 1.807) is 6.33 Å². The van der Waals surface area contributed by atoms with Gasteiger partial charge in [0.05, 0.1) is 5.39 Å². The SMILES string of the molecule is CN(c1ncnc2[nH]ccc12)[C@H]1C[C@@H](CSc2ccccc2)C1. The molecule has 0 spiro atoms. The first-order chi connectivity index (χ1) is 11.3. The van der Waals surface area contributed by atoms with E-state index in [4.69, 9.17) is 0 Å². The van der Waals surface area contributed by atoms with E-state index in [2.05, 4.69) is 63.3 Å². The summed E-state index contributed by atoms with van der Waals surface area (Å²) >= 11 is 1.97. The van der Waals surface area contributed by atoms with Gasteiger partial charge in [-0.25, -0.2) is 9.97 Å². The van der Waals surface area contributed by atoms with Gasteiger partial charge in [0.2, 0.25) is 0 Å². The average molecular weight is 324 g/mol. The zero-order chi connectivity index (χ0) is 15.6. The summed E-state index contributed by atoms with van der Waals surface area (Å²) in [6.45, 7) is 0. The molecule has 1 aliphatic rings. The minimum absolute atomic E-state index is 0.587. The molecule has 4 nitrogen and oxygen atoms in total. The third-order valence-corrected chi connectivity index (χ3v) is 5.90. The zero-order valence-electron chi connectivity index (χ0n) is 13.1. The molecular weight excluding hydrogens is 304 g/mol. The van der Waals surface area contributed by atoms with E-state index >= 15 is 0 Å². The average Bonchev–Trinajstić information content (AvgIpc) is 3.02. The lowest BCUT2D eigenvalue weighted by molar-refractivity contribution is 0.286. The Morgan fingerprint density at radius 3 is 2.83 bits per heavy atom. The van der Waals surface area contributed by atoms with Crippen molar-refractivity contribution in [2.24, 2.45) is 5.92 Å². The van der Waals surface area contributed by atoms with E-state index in [0.717, 1.165) is 22.8 Å². The van der Waals surface area contributed by atoms with Gasteiger partial charge in [-0.2, -0.15) is 0 Å². The number of nitrogens with zero attached hydrogens (tertiary/aromatic N) is 3. The van der Waals surface area contributed by atoms with E-state index in [9.17, 15) is 0 Å². The van der Waals surface area contributed by atoms with Crippen LogP contribution in [0.4, 0.5) is 5.82 Å². The first-order valence-electron chi connectivity index (χ1n) is 8.00. The first-order valence-corrected chi connectivity index (χ1v) is 8.98. The fraction of sp³-hybridized carbons (Fsp3) is 0.333. The molecule has 3 aromatic rings. The number of anilines is 1. The van der Waals surface area contributed by atoms with E-state index in [-0.39, 0.29) is 0 Å². The number of hydrogen-bond acceptors (Lipinski definition) is 4. The third-order valence-electron chi connectivity index (χ3n) is 4.65. The van der Waals surface area contributed by atoms with E-state index in [1.807, 2.05) is 18.0 Å². The van der Waals surface area contributed by atoms with E-state index in [0.29, 0.717) is 6.04 Å². The number of hydrogen-bond donors (Lipinski definition) is 1. The Hall–Kier alpha value is -2.01. The largest absolute Gasteiger partial charge is 0.356 e. The van der Waals surface area contributed by atoms with Gasteiger partial charge in [-0.1, -0.05) is 18.2 Å². The number of aromatic amines is 1. The van der Waals surface area contributed by atoms with Crippen LogP contribution in [0.2, 0.25) is 0 Å². The summed E-state index contributed by atoms with van der Waals surface area (Å²) < 4.78 is 0. The van der Waals surface area contributed by atoms with Gasteiger partial charge in [-0.15, -0.1) is 11.8 Å². The van der Waals surface area contributed by atoms with Crippen molar-refractivity contribution in [2.45, 2.75) is 23.8 Å². The zero-order valence-corrected chi connectivity index (χ0v) is 14.0. The Labute approximate surface area is 140 Å². The molecule has 0 unspecified atom stereocenters. The summed E-state index contributed by atoms with van der Waals surface area (Å²) in [5.41, 5.74) is 0.914. The quantitative estimate of drug-likeness (QED) is 0.721. The molecule has 0 amide bonds. The number of thioether (sulfide) groups is 1. The number of fused-ring (bicyclic) bond motifs is 1. The van der Waals surface area contributed by atoms with Crippen molar-refractivity contribution in [3.05, 3.63) is 48.9 Å². The number of aromatic nitrogens is 3. The van der Waals surface area contributed by atoms with Crippen LogP contribution in [0.3, 0.4) is 0 Å². The van der Waals surface area contributed by atoms with Crippen LogP contribution in [-0.2, 0) is 0 Å². The number of benzene rings is 1. The maximum absolute atomic E-state index is 4.49. The van der Waals surface area contributed by atoms with Gasteiger partial charge in [-0.05, 0) is 37.0 Å². The van der Waals surface area contributed by atoms with Crippen molar-refractivity contribution in [1.29, 1.82) is 0 Å². The van der Waals surface area contributed by atoms with Crippen LogP contribution >= 0.6 is 11.8 Å². The molecule has 1 saturated carbocycles. The van der Waals surface area contributed by atoms with Crippen molar-refractivity contribution in [1.82, 2.24) is 15.0 Å². The van der Waals surface area contributed by atoms with Crippen molar-refractivity contribution < 1.29 is 0 Å². The standard InChI is InChI=1S/C18H20N4S/c1-22(18-16-7-8-19-17(16)20-12-21-18)14-9-13(10-14)11-23-15-5-3-2-4-6-15/h2-8,12-14H,9-11H2,1H3,(H,19,20,21)/t13-,14+. The Kier molecular flexibility index (Phi) is 3.95. The highest BCUT2D eigenvalue weighted by Crippen LogP contribution is 2.37. The van der Waals surface area contributed by atoms with Gasteiger partial charge in [0.1, 0.15) is 17.8 Å². The topological polar surface area (TPSA) is 44.8 Å². The third kappa shape index (κ3) is 2.93. The van der Waals surface area contributed by atoms with Gasteiger partial charge in [-0.3, -0.25) is 0 Å². The minimum Gasteiger partial charge on any atom is -0.356 e. The summed E-state index contributed by atoms with van der Waals surface area (Å²) in [6, 6.07) is 13.3. The molecule has 0 saturated heterocycles. The molecule has 1 aliphatic carbocycles. The van der Waals surface area contributed by atoms with Gasteiger partial charge in [0, 0.05) is 29.9 Å². The Morgan fingerprint density at radius 1 is 1.17 bits per heavy atom. The fourth-order valence-corrected chi connectivity index (χ4v) is 4.25.